The van der Waals surface area contributed by atoms with Crippen LogP contribution in [-0.2, 0) is 4.74 Å². The summed E-state index contributed by atoms with van der Waals surface area (Å²) in [5.41, 5.74) is 0.219. The first-order chi connectivity index (χ1) is 10.3. The van der Waals surface area contributed by atoms with E-state index in [0.29, 0.717) is 13.2 Å². The number of nitrogens with one attached hydrogen (secondary N) is 1. The van der Waals surface area contributed by atoms with Crippen molar-refractivity contribution >= 4 is 0 Å². The molecule has 0 saturated carbocycles. The summed E-state index contributed by atoms with van der Waals surface area (Å²) in [5.74, 6) is 1.65. The Kier molecular flexibility index (Phi) is 6.33. The maximum atomic E-state index is 5.95. The molecule has 4 nitrogen and oxygen atoms in total. The molecule has 1 aromatic carbocycles. The third-order valence-corrected chi connectivity index (χ3v) is 3.97. The lowest BCUT2D eigenvalue weighted by molar-refractivity contribution is 0.128. The zero-order chi connectivity index (χ0) is 15.0. The van der Waals surface area contributed by atoms with Gasteiger partial charge in [-0.25, -0.2) is 0 Å². The van der Waals surface area contributed by atoms with Gasteiger partial charge in [-0.05, 0) is 38.4 Å². The third-order valence-electron chi connectivity index (χ3n) is 3.97. The first kappa shape index (κ1) is 16.1. The second-order valence-electron chi connectivity index (χ2n) is 5.56. The Labute approximate surface area is 127 Å². The van der Waals surface area contributed by atoms with Gasteiger partial charge in [0, 0.05) is 18.6 Å². The van der Waals surface area contributed by atoms with Crippen molar-refractivity contribution in [3.8, 4) is 11.5 Å². The maximum Gasteiger partial charge on any atom is 0.161 e. The van der Waals surface area contributed by atoms with Gasteiger partial charge in [-0.3, -0.25) is 0 Å². The van der Waals surface area contributed by atoms with Gasteiger partial charge >= 0.3 is 0 Å². The second-order valence-corrected chi connectivity index (χ2v) is 5.56. The summed E-state index contributed by atoms with van der Waals surface area (Å²) in [6.07, 6.45) is 2.11. The van der Waals surface area contributed by atoms with Crippen molar-refractivity contribution in [2.45, 2.75) is 26.7 Å². The highest BCUT2D eigenvalue weighted by molar-refractivity contribution is 5.39. The molecule has 1 aromatic rings. The van der Waals surface area contributed by atoms with Gasteiger partial charge in [-0.15, -0.1) is 0 Å². The average molecular weight is 293 g/mol. The van der Waals surface area contributed by atoms with Crippen molar-refractivity contribution in [3.05, 3.63) is 24.3 Å². The van der Waals surface area contributed by atoms with Crippen LogP contribution in [0.2, 0.25) is 0 Å². The van der Waals surface area contributed by atoms with E-state index in [9.17, 15) is 0 Å². The molecule has 21 heavy (non-hydrogen) atoms. The number of ether oxygens (including phenoxy) is 3. The molecule has 1 fully saturated rings. The molecule has 1 atom stereocenters. The largest absolute Gasteiger partial charge is 0.490 e. The Morgan fingerprint density at radius 2 is 1.95 bits per heavy atom. The zero-order valence-corrected chi connectivity index (χ0v) is 13.2. The number of rotatable bonds is 9. The number of hydrogen-bond donors (Lipinski definition) is 1. The molecular weight excluding hydrogens is 266 g/mol. The molecule has 1 aliphatic heterocycles. The van der Waals surface area contributed by atoms with E-state index in [0.717, 1.165) is 50.6 Å². The Morgan fingerprint density at radius 1 is 1.19 bits per heavy atom. The van der Waals surface area contributed by atoms with Crippen LogP contribution in [-0.4, -0.2) is 39.5 Å². The van der Waals surface area contributed by atoms with Crippen LogP contribution in [0.15, 0.2) is 24.3 Å². The Balaban J connectivity index is 1.87. The summed E-state index contributed by atoms with van der Waals surface area (Å²) in [6.45, 7) is 9.15. The average Bonchev–Trinajstić information content (AvgIpc) is 2.96. The quantitative estimate of drug-likeness (QED) is 0.760. The third kappa shape index (κ3) is 4.61. The predicted octanol–water partition coefficient (Wildman–Crippen LogP) is 2.87. The molecule has 1 N–H and O–H groups in total. The van der Waals surface area contributed by atoms with Gasteiger partial charge in [-0.1, -0.05) is 19.1 Å². The fourth-order valence-electron chi connectivity index (χ4n) is 2.69. The smallest absolute Gasteiger partial charge is 0.161 e. The van der Waals surface area contributed by atoms with Gasteiger partial charge < -0.3 is 19.5 Å². The molecule has 0 aliphatic carbocycles. The molecule has 1 saturated heterocycles. The molecule has 0 amide bonds. The monoisotopic (exact) mass is 293 g/mol. The van der Waals surface area contributed by atoms with Crippen LogP contribution in [0.4, 0.5) is 0 Å². The molecular formula is C17H27NO3. The Bertz CT molecular complexity index is 416. The van der Waals surface area contributed by atoms with Crippen LogP contribution in [0.3, 0.4) is 0 Å². The van der Waals surface area contributed by atoms with Crippen molar-refractivity contribution in [3.63, 3.8) is 0 Å². The first-order valence-electron chi connectivity index (χ1n) is 7.93. The summed E-state index contributed by atoms with van der Waals surface area (Å²) >= 11 is 0. The lowest BCUT2D eigenvalue weighted by atomic mass is 9.84. The van der Waals surface area contributed by atoms with Crippen molar-refractivity contribution in [1.29, 1.82) is 0 Å². The highest BCUT2D eigenvalue weighted by atomic mass is 16.5. The molecule has 0 spiro atoms. The molecule has 4 heteroatoms. The van der Waals surface area contributed by atoms with E-state index in [1.54, 1.807) is 0 Å². The summed E-state index contributed by atoms with van der Waals surface area (Å²) in [5, 5.41) is 3.45. The second kappa shape index (κ2) is 8.25. The standard InChI is InChI=1S/C17H27NO3/c1-3-18-13-17(9-11-19-14-17)10-12-21-16-8-6-5-7-15(16)20-4-2/h5-8,18H,3-4,9-14H2,1-2H3. The highest BCUT2D eigenvalue weighted by Crippen LogP contribution is 2.33. The van der Waals surface area contributed by atoms with E-state index in [1.807, 2.05) is 31.2 Å². The topological polar surface area (TPSA) is 39.7 Å². The number of benzene rings is 1. The van der Waals surface area contributed by atoms with Crippen LogP contribution in [0.5, 0.6) is 11.5 Å². The summed E-state index contributed by atoms with van der Waals surface area (Å²) < 4.78 is 17.1. The zero-order valence-electron chi connectivity index (χ0n) is 13.2. The number of hydrogen-bond acceptors (Lipinski definition) is 4. The van der Waals surface area contributed by atoms with E-state index in [-0.39, 0.29) is 5.41 Å². The molecule has 0 radical (unpaired) electrons. The Hall–Kier alpha value is -1.26. The summed E-state index contributed by atoms with van der Waals surface area (Å²) in [7, 11) is 0. The fourth-order valence-corrected chi connectivity index (χ4v) is 2.69. The molecule has 0 aromatic heterocycles. The molecule has 2 rings (SSSR count). The summed E-state index contributed by atoms with van der Waals surface area (Å²) in [4.78, 5) is 0. The van der Waals surface area contributed by atoms with E-state index in [2.05, 4.69) is 12.2 Å². The van der Waals surface area contributed by atoms with Crippen LogP contribution in [0.1, 0.15) is 26.7 Å². The van der Waals surface area contributed by atoms with Crippen LogP contribution in [0, 0.1) is 5.41 Å². The molecule has 1 aliphatic rings. The number of para-hydroxylation sites is 2. The van der Waals surface area contributed by atoms with E-state index in [4.69, 9.17) is 14.2 Å². The SMILES string of the molecule is CCNCC1(CCOc2ccccc2OCC)CCOC1. The minimum absolute atomic E-state index is 0.219. The highest BCUT2D eigenvalue weighted by Gasteiger charge is 2.34. The van der Waals surface area contributed by atoms with E-state index in [1.165, 1.54) is 0 Å². The summed E-state index contributed by atoms with van der Waals surface area (Å²) in [6, 6.07) is 7.86. The van der Waals surface area contributed by atoms with Crippen molar-refractivity contribution in [1.82, 2.24) is 5.32 Å². The van der Waals surface area contributed by atoms with E-state index < -0.39 is 0 Å². The minimum Gasteiger partial charge on any atom is -0.490 e. The molecule has 118 valence electrons. The van der Waals surface area contributed by atoms with Crippen molar-refractivity contribution in [2.24, 2.45) is 5.41 Å². The van der Waals surface area contributed by atoms with E-state index >= 15 is 0 Å². The fraction of sp³-hybridized carbons (Fsp3) is 0.647. The molecule has 0 bridgehead atoms. The van der Waals surface area contributed by atoms with Gasteiger partial charge in [0.1, 0.15) is 0 Å². The molecule has 1 heterocycles. The van der Waals surface area contributed by atoms with Crippen molar-refractivity contribution in [2.75, 3.05) is 39.5 Å². The van der Waals surface area contributed by atoms with Gasteiger partial charge in [0.25, 0.3) is 0 Å². The first-order valence-corrected chi connectivity index (χ1v) is 7.93. The van der Waals surface area contributed by atoms with Crippen LogP contribution in [0.25, 0.3) is 0 Å². The minimum atomic E-state index is 0.219. The lowest BCUT2D eigenvalue weighted by Gasteiger charge is -2.27. The maximum absolute atomic E-state index is 5.95. The van der Waals surface area contributed by atoms with Gasteiger partial charge in [0.2, 0.25) is 0 Å². The van der Waals surface area contributed by atoms with Crippen LogP contribution >= 0.6 is 0 Å². The Morgan fingerprint density at radius 3 is 2.57 bits per heavy atom. The molecule has 1 unspecified atom stereocenters. The van der Waals surface area contributed by atoms with Gasteiger partial charge in [0.15, 0.2) is 11.5 Å². The van der Waals surface area contributed by atoms with Gasteiger partial charge in [0.05, 0.1) is 19.8 Å². The predicted molar refractivity (Wildman–Crippen MR) is 84.1 cm³/mol. The van der Waals surface area contributed by atoms with Gasteiger partial charge in [-0.2, -0.15) is 0 Å². The van der Waals surface area contributed by atoms with Crippen LogP contribution < -0.4 is 14.8 Å². The normalized spacial score (nSPS) is 21.4. The van der Waals surface area contributed by atoms with Crippen molar-refractivity contribution < 1.29 is 14.2 Å². The lowest BCUT2D eigenvalue weighted by Crippen LogP contribution is -2.36.